The molecule has 2 atom stereocenters. The van der Waals surface area contributed by atoms with Crippen LogP contribution in [-0.2, 0) is 6.42 Å². The molecular weight excluding hydrogens is 408 g/mol. The number of fused-ring (bicyclic) bond motifs is 1. The standard InChI is InChI=1S/C29H36N2O2/c32-25-8-11-27-24(22-25)12-15-29(13-4-2-1-3-5-14-29)28(27)23-6-9-26(10-7-23)33-21-20-31-18-16-30-17-19-31/h1-4,6-11,22,28,30,32H,5,12-21H2/b3-1-,4-2-/t28-,29?/m1/s1. The molecule has 2 aliphatic carbocycles. The summed E-state index contributed by atoms with van der Waals surface area (Å²) >= 11 is 0. The van der Waals surface area contributed by atoms with Gasteiger partial charge in [-0.15, -0.1) is 0 Å². The summed E-state index contributed by atoms with van der Waals surface area (Å²) in [4.78, 5) is 2.46. The van der Waals surface area contributed by atoms with Gasteiger partial charge in [0, 0.05) is 38.6 Å². The lowest BCUT2D eigenvalue weighted by molar-refractivity contribution is 0.190. The Hall–Kier alpha value is -2.56. The summed E-state index contributed by atoms with van der Waals surface area (Å²) in [6.07, 6.45) is 14.6. The van der Waals surface area contributed by atoms with Crippen molar-refractivity contribution in [2.75, 3.05) is 39.3 Å². The van der Waals surface area contributed by atoms with E-state index in [9.17, 15) is 5.11 Å². The van der Waals surface area contributed by atoms with Crippen LogP contribution in [0.3, 0.4) is 0 Å². The largest absolute Gasteiger partial charge is 0.508 e. The topological polar surface area (TPSA) is 44.7 Å². The summed E-state index contributed by atoms with van der Waals surface area (Å²) in [6, 6.07) is 14.8. The van der Waals surface area contributed by atoms with Crippen LogP contribution in [0.5, 0.6) is 11.5 Å². The Morgan fingerprint density at radius 2 is 1.82 bits per heavy atom. The number of allylic oxidation sites excluding steroid dienone is 4. The summed E-state index contributed by atoms with van der Waals surface area (Å²) in [7, 11) is 0. The fourth-order valence-corrected chi connectivity index (χ4v) is 5.98. The molecule has 2 aromatic carbocycles. The highest BCUT2D eigenvalue weighted by molar-refractivity contribution is 5.47. The number of rotatable bonds is 5. The number of nitrogens with zero attached hydrogens (tertiary/aromatic N) is 1. The number of piperazine rings is 1. The molecule has 1 fully saturated rings. The van der Waals surface area contributed by atoms with Gasteiger partial charge in [-0.1, -0.05) is 42.5 Å². The molecule has 174 valence electrons. The van der Waals surface area contributed by atoms with Gasteiger partial charge in [-0.25, -0.2) is 0 Å². The van der Waals surface area contributed by atoms with Crippen molar-refractivity contribution in [3.05, 3.63) is 83.5 Å². The Kier molecular flexibility index (Phi) is 6.84. The second-order valence-electron chi connectivity index (χ2n) is 9.79. The number of phenols is 1. The molecule has 33 heavy (non-hydrogen) atoms. The van der Waals surface area contributed by atoms with Crippen molar-refractivity contribution in [2.45, 2.75) is 38.0 Å². The van der Waals surface area contributed by atoms with Crippen LogP contribution in [-0.4, -0.2) is 49.3 Å². The van der Waals surface area contributed by atoms with Crippen molar-refractivity contribution in [2.24, 2.45) is 5.41 Å². The van der Waals surface area contributed by atoms with Crippen LogP contribution in [0.4, 0.5) is 0 Å². The lowest BCUT2D eigenvalue weighted by atomic mass is 9.58. The second-order valence-corrected chi connectivity index (χ2v) is 9.79. The van der Waals surface area contributed by atoms with Crippen molar-refractivity contribution in [1.29, 1.82) is 0 Å². The van der Waals surface area contributed by atoms with E-state index in [2.05, 4.69) is 64.9 Å². The number of benzene rings is 2. The molecule has 4 heteroatoms. The zero-order valence-electron chi connectivity index (χ0n) is 19.5. The highest BCUT2D eigenvalue weighted by atomic mass is 16.5. The van der Waals surface area contributed by atoms with Gasteiger partial charge in [-0.2, -0.15) is 0 Å². The van der Waals surface area contributed by atoms with Crippen LogP contribution in [0, 0.1) is 5.41 Å². The molecule has 1 spiro atoms. The second kappa shape index (κ2) is 10.1. The highest BCUT2D eigenvalue weighted by Crippen LogP contribution is 2.55. The normalized spacial score (nSPS) is 27.3. The number of aromatic hydroxyl groups is 1. The summed E-state index contributed by atoms with van der Waals surface area (Å²) < 4.78 is 6.09. The van der Waals surface area contributed by atoms with Crippen molar-refractivity contribution in [1.82, 2.24) is 10.2 Å². The van der Waals surface area contributed by atoms with Crippen molar-refractivity contribution in [3.8, 4) is 11.5 Å². The Morgan fingerprint density at radius 1 is 1.00 bits per heavy atom. The van der Waals surface area contributed by atoms with E-state index in [-0.39, 0.29) is 5.41 Å². The van der Waals surface area contributed by atoms with Gasteiger partial charge in [0.25, 0.3) is 0 Å². The lowest BCUT2D eigenvalue weighted by Gasteiger charge is -2.46. The number of nitrogens with one attached hydrogen (secondary N) is 1. The quantitative estimate of drug-likeness (QED) is 0.678. The highest BCUT2D eigenvalue weighted by Gasteiger charge is 2.42. The Labute approximate surface area is 198 Å². The van der Waals surface area contributed by atoms with Crippen LogP contribution in [0.1, 0.15) is 48.3 Å². The first-order valence-corrected chi connectivity index (χ1v) is 12.5. The number of phenolic OH excluding ortho intramolecular Hbond substituents is 1. The Morgan fingerprint density at radius 3 is 2.67 bits per heavy atom. The van der Waals surface area contributed by atoms with E-state index in [0.717, 1.165) is 70.8 Å². The molecule has 5 rings (SSSR count). The van der Waals surface area contributed by atoms with Gasteiger partial charge in [-0.05, 0) is 78.5 Å². The fraction of sp³-hybridized carbons (Fsp3) is 0.448. The smallest absolute Gasteiger partial charge is 0.119 e. The first kappa shape index (κ1) is 22.2. The van der Waals surface area contributed by atoms with Crippen LogP contribution in [0.2, 0.25) is 0 Å². The third kappa shape index (κ3) is 5.02. The molecular formula is C29H36N2O2. The molecule has 0 aromatic heterocycles. The summed E-state index contributed by atoms with van der Waals surface area (Å²) in [5, 5.41) is 13.5. The zero-order chi connectivity index (χ0) is 22.5. The van der Waals surface area contributed by atoms with Crippen molar-refractivity contribution in [3.63, 3.8) is 0 Å². The predicted molar refractivity (Wildman–Crippen MR) is 134 cm³/mol. The van der Waals surface area contributed by atoms with Gasteiger partial charge in [0.15, 0.2) is 0 Å². The molecule has 0 radical (unpaired) electrons. The Balaban J connectivity index is 1.37. The van der Waals surface area contributed by atoms with E-state index in [1.807, 2.05) is 12.1 Å². The van der Waals surface area contributed by atoms with Gasteiger partial charge < -0.3 is 15.2 Å². The van der Waals surface area contributed by atoms with Crippen LogP contribution in [0.25, 0.3) is 0 Å². The van der Waals surface area contributed by atoms with E-state index in [1.165, 1.54) is 23.1 Å². The van der Waals surface area contributed by atoms with E-state index in [0.29, 0.717) is 11.7 Å². The maximum absolute atomic E-state index is 10.1. The van der Waals surface area contributed by atoms with Crippen molar-refractivity contribution < 1.29 is 9.84 Å². The SMILES string of the molecule is Oc1ccc2c(c1)CCC1(C/C=C\C=C/CC1)[C@@H]2c1ccc(OCCN2CCNCC2)cc1. The molecule has 1 heterocycles. The fourth-order valence-electron chi connectivity index (χ4n) is 5.98. The van der Waals surface area contributed by atoms with E-state index in [4.69, 9.17) is 4.74 Å². The van der Waals surface area contributed by atoms with Crippen LogP contribution in [0.15, 0.2) is 66.8 Å². The molecule has 1 saturated heterocycles. The average Bonchev–Trinajstić information content (AvgIpc) is 2.83. The van der Waals surface area contributed by atoms with E-state index >= 15 is 0 Å². The molecule has 0 bridgehead atoms. The molecule has 3 aliphatic rings. The van der Waals surface area contributed by atoms with Gasteiger partial charge in [0.2, 0.25) is 0 Å². The molecule has 1 aliphatic heterocycles. The van der Waals surface area contributed by atoms with E-state index < -0.39 is 0 Å². The predicted octanol–water partition coefficient (Wildman–Crippen LogP) is 5.04. The monoisotopic (exact) mass is 444 g/mol. The number of ether oxygens (including phenoxy) is 1. The van der Waals surface area contributed by atoms with Gasteiger partial charge >= 0.3 is 0 Å². The first-order valence-electron chi connectivity index (χ1n) is 12.5. The Bertz CT molecular complexity index is 991. The first-order chi connectivity index (χ1) is 16.2. The summed E-state index contributed by atoms with van der Waals surface area (Å²) in [6.45, 7) is 6.05. The van der Waals surface area contributed by atoms with Gasteiger partial charge in [-0.3, -0.25) is 4.90 Å². The molecule has 0 saturated carbocycles. The minimum Gasteiger partial charge on any atom is -0.508 e. The van der Waals surface area contributed by atoms with Crippen LogP contribution >= 0.6 is 0 Å². The van der Waals surface area contributed by atoms with Gasteiger partial charge in [0.1, 0.15) is 18.1 Å². The lowest BCUT2D eigenvalue weighted by Crippen LogP contribution is -2.44. The molecule has 0 amide bonds. The maximum atomic E-state index is 10.1. The molecule has 4 nitrogen and oxygen atoms in total. The zero-order valence-corrected chi connectivity index (χ0v) is 19.5. The summed E-state index contributed by atoms with van der Waals surface area (Å²) in [5.41, 5.74) is 4.23. The molecule has 1 unspecified atom stereocenters. The van der Waals surface area contributed by atoms with Gasteiger partial charge in [0.05, 0.1) is 0 Å². The third-order valence-electron chi connectivity index (χ3n) is 7.76. The van der Waals surface area contributed by atoms with Crippen molar-refractivity contribution >= 4 is 0 Å². The molecule has 2 N–H and O–H groups in total. The number of aryl methyl sites for hydroxylation is 1. The molecule has 2 aromatic rings. The number of hydrogen-bond acceptors (Lipinski definition) is 4. The van der Waals surface area contributed by atoms with Crippen LogP contribution < -0.4 is 10.1 Å². The maximum Gasteiger partial charge on any atom is 0.119 e. The minimum absolute atomic E-state index is 0.204. The third-order valence-corrected chi connectivity index (χ3v) is 7.76. The minimum atomic E-state index is 0.204. The average molecular weight is 445 g/mol. The van der Waals surface area contributed by atoms with E-state index in [1.54, 1.807) is 0 Å². The number of hydrogen-bond donors (Lipinski definition) is 2. The summed E-state index contributed by atoms with van der Waals surface area (Å²) in [5.74, 6) is 1.65.